The molecule has 39 heavy (non-hydrogen) atoms. The maximum Gasteiger partial charge on any atom is 0.433 e. The first-order valence-corrected chi connectivity index (χ1v) is 12.9. The van der Waals surface area contributed by atoms with Crippen molar-refractivity contribution in [2.75, 3.05) is 6.61 Å². The first-order chi connectivity index (χ1) is 18.5. The van der Waals surface area contributed by atoms with Gasteiger partial charge in [-0.25, -0.2) is 0 Å². The van der Waals surface area contributed by atoms with E-state index in [1.165, 1.54) is 24.3 Å². The molecular weight excluding hydrogens is 514 g/mol. The average molecular weight is 548 g/mol. The van der Waals surface area contributed by atoms with Crippen LogP contribution >= 0.6 is 0 Å². The van der Waals surface area contributed by atoms with Gasteiger partial charge in [0.25, 0.3) is 0 Å². The fourth-order valence-corrected chi connectivity index (χ4v) is 4.72. The quantitative estimate of drug-likeness (QED) is 0.110. The Morgan fingerprint density at radius 2 is 1.82 bits per heavy atom. The summed E-state index contributed by atoms with van der Waals surface area (Å²) in [4.78, 5) is 35.2. The number of benzene rings is 1. The molecular formula is C27H33NO11. The smallest absolute Gasteiger partial charge is 0.433 e. The maximum atomic E-state index is 12.6. The summed E-state index contributed by atoms with van der Waals surface area (Å²) in [5, 5.41) is 41.5. The van der Waals surface area contributed by atoms with Gasteiger partial charge in [-0.3, -0.25) is 19.7 Å². The average Bonchev–Trinajstić information content (AvgIpc) is 3.49. The third-order valence-corrected chi connectivity index (χ3v) is 7.34. The van der Waals surface area contributed by atoms with Gasteiger partial charge in [0.05, 0.1) is 49.6 Å². The van der Waals surface area contributed by atoms with Crippen molar-refractivity contribution in [3.63, 3.8) is 0 Å². The number of aliphatic hydroxyl groups excluding tert-OH is 3. The molecule has 12 nitrogen and oxygen atoms in total. The van der Waals surface area contributed by atoms with Gasteiger partial charge in [0.2, 0.25) is 0 Å². The second-order valence-corrected chi connectivity index (χ2v) is 10.2. The second kappa shape index (κ2) is 12.3. The highest BCUT2D eigenvalue weighted by atomic mass is 16.6. The van der Waals surface area contributed by atoms with Gasteiger partial charge in [-0.15, -0.1) is 0 Å². The molecule has 0 spiro atoms. The second-order valence-electron chi connectivity index (χ2n) is 10.2. The minimum Gasteiger partial charge on any atom is -0.486 e. The van der Waals surface area contributed by atoms with Gasteiger partial charge >= 0.3 is 5.88 Å². The van der Waals surface area contributed by atoms with Crippen LogP contribution in [0.15, 0.2) is 40.8 Å². The molecule has 12 heteroatoms. The first-order valence-electron chi connectivity index (χ1n) is 12.9. The predicted molar refractivity (Wildman–Crippen MR) is 134 cm³/mol. The molecule has 0 aliphatic carbocycles. The summed E-state index contributed by atoms with van der Waals surface area (Å²) in [5.74, 6) is -1.18. The van der Waals surface area contributed by atoms with Crippen LogP contribution in [-0.2, 0) is 20.9 Å². The molecule has 212 valence electrons. The molecule has 2 aromatic rings. The Balaban J connectivity index is 1.21. The molecule has 1 aromatic carbocycles. The van der Waals surface area contributed by atoms with E-state index in [0.29, 0.717) is 17.7 Å². The van der Waals surface area contributed by atoms with Crippen molar-refractivity contribution in [3.8, 4) is 5.75 Å². The fourth-order valence-electron chi connectivity index (χ4n) is 4.72. The molecule has 0 bridgehead atoms. The number of epoxide rings is 1. The third kappa shape index (κ3) is 7.28. The van der Waals surface area contributed by atoms with E-state index in [-0.39, 0.29) is 61.6 Å². The Morgan fingerprint density at radius 3 is 2.46 bits per heavy atom. The van der Waals surface area contributed by atoms with Crippen LogP contribution in [0.1, 0.15) is 49.2 Å². The lowest BCUT2D eigenvalue weighted by Crippen LogP contribution is -2.51. The number of ether oxygens (including phenoxy) is 3. The summed E-state index contributed by atoms with van der Waals surface area (Å²) in [6.45, 7) is 3.61. The van der Waals surface area contributed by atoms with Gasteiger partial charge in [-0.1, -0.05) is 6.92 Å². The van der Waals surface area contributed by atoms with E-state index in [1.807, 2.05) is 6.92 Å². The van der Waals surface area contributed by atoms with Crippen molar-refractivity contribution < 1.29 is 48.5 Å². The number of carbonyl (C=O) groups is 2. The highest BCUT2D eigenvalue weighted by molar-refractivity contribution is 6.08. The number of ketones is 2. The Morgan fingerprint density at radius 1 is 1.10 bits per heavy atom. The fraction of sp³-hybridized carbons (Fsp3) is 0.556. The molecule has 3 heterocycles. The minimum atomic E-state index is -1.20. The maximum absolute atomic E-state index is 12.6. The van der Waals surface area contributed by atoms with Gasteiger partial charge in [0, 0.05) is 30.2 Å². The molecule has 2 saturated heterocycles. The zero-order valence-electron chi connectivity index (χ0n) is 21.7. The van der Waals surface area contributed by atoms with E-state index in [9.17, 15) is 35.0 Å². The number of nitrogens with zero attached hydrogens (tertiary/aromatic N) is 1. The lowest BCUT2D eigenvalue weighted by molar-refractivity contribution is -0.402. The van der Waals surface area contributed by atoms with Crippen LogP contribution in [0.4, 0.5) is 5.88 Å². The van der Waals surface area contributed by atoms with E-state index >= 15 is 0 Å². The van der Waals surface area contributed by atoms with Crippen LogP contribution in [0.5, 0.6) is 5.75 Å². The third-order valence-electron chi connectivity index (χ3n) is 7.34. The van der Waals surface area contributed by atoms with Crippen LogP contribution in [0.2, 0.25) is 0 Å². The SMILES string of the molecule is C[C@H]([C@@H]1O[C@H]1C[C@@H]1OC[C@H](CC(=O)CC(=O)c2ccc(OCc3ccc([N+](=O)[O-])o3)cc2)[C@@H](O)[C@H]1O)[C@H](C)O. The van der Waals surface area contributed by atoms with E-state index in [1.54, 1.807) is 19.1 Å². The van der Waals surface area contributed by atoms with Gasteiger partial charge < -0.3 is 33.9 Å². The number of hydrogen-bond acceptors (Lipinski definition) is 11. The lowest BCUT2D eigenvalue weighted by atomic mass is 9.85. The van der Waals surface area contributed by atoms with Crippen molar-refractivity contribution in [2.24, 2.45) is 11.8 Å². The van der Waals surface area contributed by atoms with Crippen molar-refractivity contribution in [1.82, 2.24) is 0 Å². The zero-order valence-corrected chi connectivity index (χ0v) is 21.7. The van der Waals surface area contributed by atoms with Crippen LogP contribution in [0, 0.1) is 22.0 Å². The standard InChI is InChI=1S/C27H33NO11/c1-14(15(2)29)27-23(39-27)11-22-26(33)25(32)17(12-37-22)9-18(30)10-21(31)16-3-5-19(6-4-16)36-13-20-7-8-24(38-20)28(34)35/h3-8,14-15,17,22-23,25-27,29,32-33H,9-13H2,1-2H3/t14-,15-,17-,22-,23-,25+,26-,27-/m0/s1. The highest BCUT2D eigenvalue weighted by Gasteiger charge is 2.48. The molecule has 0 radical (unpaired) electrons. The monoisotopic (exact) mass is 547 g/mol. The first kappa shape index (κ1) is 28.8. The van der Waals surface area contributed by atoms with E-state index < -0.39 is 41.0 Å². The Kier molecular flexibility index (Phi) is 9.13. The van der Waals surface area contributed by atoms with Crippen LogP contribution in [0.25, 0.3) is 0 Å². The molecule has 0 amide bonds. The van der Waals surface area contributed by atoms with E-state index in [2.05, 4.69) is 0 Å². The zero-order chi connectivity index (χ0) is 28.3. The molecule has 2 aliphatic rings. The summed E-state index contributed by atoms with van der Waals surface area (Å²) in [7, 11) is 0. The van der Waals surface area contributed by atoms with Crippen LogP contribution < -0.4 is 4.74 Å². The largest absolute Gasteiger partial charge is 0.486 e. The molecule has 0 saturated carbocycles. The normalized spacial score (nSPS) is 27.9. The summed E-state index contributed by atoms with van der Waals surface area (Å²) in [5.41, 5.74) is 0.301. The van der Waals surface area contributed by atoms with Crippen LogP contribution in [-0.4, -0.2) is 75.0 Å². The van der Waals surface area contributed by atoms with Gasteiger partial charge in [-0.05, 0) is 37.3 Å². The summed E-state index contributed by atoms with van der Waals surface area (Å²) in [6, 6.07) is 8.77. The number of rotatable bonds is 13. The summed E-state index contributed by atoms with van der Waals surface area (Å²) in [6.07, 6.45) is -3.94. The van der Waals surface area contributed by atoms with Crippen LogP contribution in [0.3, 0.4) is 0 Å². The Bertz CT molecular complexity index is 1160. The molecule has 8 atom stereocenters. The molecule has 0 unspecified atom stereocenters. The Hall–Kier alpha value is -3.16. The summed E-state index contributed by atoms with van der Waals surface area (Å²) < 4.78 is 21.9. The van der Waals surface area contributed by atoms with E-state index in [4.69, 9.17) is 18.6 Å². The highest BCUT2D eigenvalue weighted by Crippen LogP contribution is 2.37. The molecule has 4 rings (SSSR count). The topological polar surface area (TPSA) is 182 Å². The number of furan rings is 1. The number of nitro groups is 1. The number of hydrogen-bond donors (Lipinski definition) is 3. The van der Waals surface area contributed by atoms with Gasteiger partial charge in [-0.2, -0.15) is 0 Å². The molecule has 1 aromatic heterocycles. The lowest BCUT2D eigenvalue weighted by Gasteiger charge is -2.37. The number of Topliss-reactive ketones (excluding diaryl/α,β-unsaturated/α-hetero) is 2. The minimum absolute atomic E-state index is 0.0344. The molecule has 2 fully saturated rings. The van der Waals surface area contributed by atoms with Crippen molar-refractivity contribution in [2.45, 2.75) is 76.3 Å². The number of carbonyl (C=O) groups excluding carboxylic acids is 2. The predicted octanol–water partition coefficient (Wildman–Crippen LogP) is 2.21. The van der Waals surface area contributed by atoms with Gasteiger partial charge in [0.15, 0.2) is 5.78 Å². The van der Waals surface area contributed by atoms with Crippen molar-refractivity contribution in [3.05, 3.63) is 57.8 Å². The molecule has 3 N–H and O–H groups in total. The number of aliphatic hydroxyl groups is 3. The van der Waals surface area contributed by atoms with Crippen molar-refractivity contribution in [1.29, 1.82) is 0 Å². The Labute approximate surface area is 224 Å². The van der Waals surface area contributed by atoms with Gasteiger partial charge in [0.1, 0.15) is 34.9 Å². The van der Waals surface area contributed by atoms with Crippen molar-refractivity contribution >= 4 is 17.5 Å². The van der Waals surface area contributed by atoms with E-state index in [0.717, 1.165) is 0 Å². The molecule has 2 aliphatic heterocycles. The summed E-state index contributed by atoms with van der Waals surface area (Å²) >= 11 is 0.